The molecule has 2 aromatic heterocycles. The molecule has 0 atom stereocenters. The minimum Gasteiger partial charge on any atom is -0.444 e. The normalized spacial score (nSPS) is 11.3. The number of hydrogen-bond acceptors (Lipinski definition) is 4. The molecular weight excluding hydrogens is 363 g/mol. The lowest BCUT2D eigenvalue weighted by molar-refractivity contribution is -0.115. The molecule has 0 aliphatic heterocycles. The minimum atomic E-state index is -0.778. The highest BCUT2D eigenvalue weighted by Gasteiger charge is 2.18. The predicted molar refractivity (Wildman–Crippen MR) is 104 cm³/mol. The van der Waals surface area contributed by atoms with Crippen LogP contribution >= 0.6 is 0 Å². The summed E-state index contributed by atoms with van der Waals surface area (Å²) in [6, 6.07) is 9.49. The summed E-state index contributed by atoms with van der Waals surface area (Å²) < 4.78 is 20.9. The fraction of sp³-hybridized carbons (Fsp3) is 0.250. The van der Waals surface area contributed by atoms with Crippen molar-refractivity contribution in [3.05, 3.63) is 60.3 Å². The quantitative estimate of drug-likeness (QED) is 0.712. The third-order valence-electron chi connectivity index (χ3n) is 3.64. The number of nitrogens with zero attached hydrogens (tertiary/aromatic N) is 2. The van der Waals surface area contributed by atoms with Crippen LogP contribution in [0.15, 0.2) is 48.8 Å². The summed E-state index contributed by atoms with van der Waals surface area (Å²) in [6.07, 6.45) is 2.90. The second kappa shape index (κ2) is 7.67. The molecule has 0 spiro atoms. The van der Waals surface area contributed by atoms with Gasteiger partial charge in [0.1, 0.15) is 17.1 Å². The van der Waals surface area contributed by atoms with Crippen molar-refractivity contribution in [1.82, 2.24) is 9.38 Å². The smallest absolute Gasteiger partial charge is 0.412 e. The zero-order chi connectivity index (χ0) is 20.3. The minimum absolute atomic E-state index is 0.0634. The molecule has 28 heavy (non-hydrogen) atoms. The Balaban J connectivity index is 1.66. The number of aromatic nitrogens is 2. The van der Waals surface area contributed by atoms with Crippen molar-refractivity contribution in [3.8, 4) is 0 Å². The van der Waals surface area contributed by atoms with Crippen molar-refractivity contribution in [3.63, 3.8) is 0 Å². The van der Waals surface area contributed by atoms with Gasteiger partial charge in [-0.25, -0.2) is 14.2 Å². The maximum atomic E-state index is 14.0. The number of carbonyl (C=O) groups excluding carboxylic acids is 2. The van der Waals surface area contributed by atoms with Crippen LogP contribution < -0.4 is 10.6 Å². The van der Waals surface area contributed by atoms with Gasteiger partial charge in [0.25, 0.3) is 0 Å². The molecule has 0 aliphatic carbocycles. The molecular formula is C20H21FN4O3. The third-order valence-corrected chi connectivity index (χ3v) is 3.64. The van der Waals surface area contributed by atoms with E-state index in [0.29, 0.717) is 11.4 Å². The van der Waals surface area contributed by atoms with Crippen LogP contribution in [0, 0.1) is 5.82 Å². The Morgan fingerprint density at radius 3 is 2.68 bits per heavy atom. The number of hydrogen-bond donors (Lipinski definition) is 2. The van der Waals surface area contributed by atoms with E-state index in [9.17, 15) is 14.0 Å². The molecule has 2 heterocycles. The number of nitrogens with one attached hydrogen (secondary N) is 2. The molecule has 2 amide bonds. The SMILES string of the molecule is CC(C)(C)OC(=O)Nc1cc(NC(=O)Cc2cn3ccccc3n2)ccc1F. The van der Waals surface area contributed by atoms with Crippen LogP contribution in [0.5, 0.6) is 0 Å². The average Bonchev–Trinajstić information content (AvgIpc) is 2.98. The topological polar surface area (TPSA) is 84.7 Å². The predicted octanol–water partition coefficient (Wildman–Crippen LogP) is 4.00. The van der Waals surface area contributed by atoms with E-state index >= 15 is 0 Å². The molecule has 0 bridgehead atoms. The molecule has 0 radical (unpaired) electrons. The number of carbonyl (C=O) groups is 2. The summed E-state index contributed by atoms with van der Waals surface area (Å²) in [5.41, 5.74) is 0.912. The third kappa shape index (κ3) is 5.06. The molecule has 2 N–H and O–H groups in total. The van der Waals surface area contributed by atoms with Crippen LogP contribution in [-0.2, 0) is 16.0 Å². The number of amides is 2. The Kier molecular flexibility index (Phi) is 5.30. The van der Waals surface area contributed by atoms with Gasteiger partial charge in [-0.1, -0.05) is 6.07 Å². The maximum Gasteiger partial charge on any atom is 0.412 e. The number of benzene rings is 1. The largest absolute Gasteiger partial charge is 0.444 e. The van der Waals surface area contributed by atoms with E-state index in [1.165, 1.54) is 12.1 Å². The van der Waals surface area contributed by atoms with Crippen LogP contribution in [-0.4, -0.2) is 27.0 Å². The summed E-state index contributed by atoms with van der Waals surface area (Å²) in [5, 5.41) is 5.02. The second-order valence-corrected chi connectivity index (χ2v) is 7.24. The Bertz CT molecular complexity index is 991. The zero-order valence-corrected chi connectivity index (χ0v) is 15.8. The van der Waals surface area contributed by atoms with Crippen molar-refractivity contribution in [2.45, 2.75) is 32.8 Å². The first kappa shape index (κ1) is 19.3. The van der Waals surface area contributed by atoms with Crippen molar-refractivity contribution < 1.29 is 18.7 Å². The Hall–Kier alpha value is -3.42. The van der Waals surface area contributed by atoms with Crippen LogP contribution in [0.25, 0.3) is 5.65 Å². The second-order valence-electron chi connectivity index (χ2n) is 7.24. The van der Waals surface area contributed by atoms with Gasteiger partial charge in [-0.2, -0.15) is 0 Å². The van der Waals surface area contributed by atoms with Gasteiger partial charge in [0.05, 0.1) is 17.8 Å². The molecule has 0 saturated heterocycles. The lowest BCUT2D eigenvalue weighted by atomic mass is 10.2. The zero-order valence-electron chi connectivity index (χ0n) is 15.8. The molecule has 1 aromatic carbocycles. The first-order valence-corrected chi connectivity index (χ1v) is 8.72. The van der Waals surface area contributed by atoms with E-state index in [0.717, 1.165) is 11.7 Å². The van der Waals surface area contributed by atoms with Crippen LogP contribution in [0.4, 0.5) is 20.6 Å². The van der Waals surface area contributed by atoms with E-state index in [1.54, 1.807) is 27.0 Å². The summed E-state index contributed by atoms with van der Waals surface area (Å²) in [5.74, 6) is -0.942. The fourth-order valence-corrected chi connectivity index (χ4v) is 2.55. The molecule has 146 valence electrons. The molecule has 0 fully saturated rings. The van der Waals surface area contributed by atoms with Gasteiger partial charge in [-0.05, 0) is 51.1 Å². The van der Waals surface area contributed by atoms with Crippen molar-refractivity contribution in [2.75, 3.05) is 10.6 Å². The number of imidazole rings is 1. The average molecular weight is 384 g/mol. The van der Waals surface area contributed by atoms with Crippen LogP contribution in [0.1, 0.15) is 26.5 Å². The van der Waals surface area contributed by atoms with E-state index in [4.69, 9.17) is 4.74 Å². The van der Waals surface area contributed by atoms with E-state index in [-0.39, 0.29) is 18.0 Å². The van der Waals surface area contributed by atoms with Gasteiger partial charge in [-0.3, -0.25) is 10.1 Å². The Morgan fingerprint density at radius 1 is 1.18 bits per heavy atom. The first-order chi connectivity index (χ1) is 13.2. The first-order valence-electron chi connectivity index (χ1n) is 8.72. The van der Waals surface area contributed by atoms with Gasteiger partial charge in [0.2, 0.25) is 5.91 Å². The summed E-state index contributed by atoms with van der Waals surface area (Å²) in [7, 11) is 0. The van der Waals surface area contributed by atoms with Gasteiger partial charge in [0, 0.05) is 18.1 Å². The lowest BCUT2D eigenvalue weighted by Crippen LogP contribution is -2.27. The summed E-state index contributed by atoms with van der Waals surface area (Å²) in [6.45, 7) is 5.12. The van der Waals surface area contributed by atoms with Gasteiger partial charge in [0.15, 0.2) is 0 Å². The molecule has 0 saturated carbocycles. The van der Waals surface area contributed by atoms with E-state index < -0.39 is 17.5 Å². The standard InChI is InChI=1S/C20H21FN4O3/c1-20(2,3)28-19(27)24-16-10-13(7-8-15(16)21)23-18(26)11-14-12-25-9-5-4-6-17(25)22-14/h4-10,12H,11H2,1-3H3,(H,23,26)(H,24,27). The highest BCUT2D eigenvalue weighted by atomic mass is 19.1. The lowest BCUT2D eigenvalue weighted by Gasteiger charge is -2.20. The van der Waals surface area contributed by atoms with E-state index in [2.05, 4.69) is 15.6 Å². The molecule has 0 aliphatic rings. The van der Waals surface area contributed by atoms with Crippen molar-refractivity contribution in [1.29, 1.82) is 0 Å². The van der Waals surface area contributed by atoms with E-state index in [1.807, 2.05) is 28.8 Å². The number of rotatable bonds is 4. The number of ether oxygens (including phenoxy) is 1. The highest BCUT2D eigenvalue weighted by molar-refractivity contribution is 5.93. The molecule has 8 heteroatoms. The number of halogens is 1. The molecule has 0 unspecified atom stereocenters. The Labute approximate surface area is 161 Å². The highest BCUT2D eigenvalue weighted by Crippen LogP contribution is 2.21. The van der Waals surface area contributed by atoms with Gasteiger partial charge < -0.3 is 14.5 Å². The van der Waals surface area contributed by atoms with Crippen LogP contribution in [0.3, 0.4) is 0 Å². The Morgan fingerprint density at radius 2 is 1.96 bits per heavy atom. The summed E-state index contributed by atoms with van der Waals surface area (Å²) >= 11 is 0. The van der Waals surface area contributed by atoms with Crippen molar-refractivity contribution in [2.24, 2.45) is 0 Å². The monoisotopic (exact) mass is 384 g/mol. The maximum absolute atomic E-state index is 14.0. The number of anilines is 2. The summed E-state index contributed by atoms with van der Waals surface area (Å²) in [4.78, 5) is 28.5. The van der Waals surface area contributed by atoms with Crippen LogP contribution in [0.2, 0.25) is 0 Å². The van der Waals surface area contributed by atoms with Gasteiger partial charge >= 0.3 is 6.09 Å². The fourth-order valence-electron chi connectivity index (χ4n) is 2.55. The van der Waals surface area contributed by atoms with Crippen molar-refractivity contribution >= 4 is 29.0 Å². The molecule has 3 rings (SSSR count). The number of pyridine rings is 1. The molecule has 7 nitrogen and oxygen atoms in total. The molecule has 3 aromatic rings. The van der Waals surface area contributed by atoms with Gasteiger partial charge in [-0.15, -0.1) is 0 Å². The number of fused-ring (bicyclic) bond motifs is 1.